The SMILES string of the molecule is CC(C)(C)c1nc2cc(NC(=O)c3ccc(NS(C)(=O)=O)cc3)ccc2o1. The number of aromatic nitrogens is 1. The van der Waals surface area contributed by atoms with Crippen LogP contribution in [0.1, 0.15) is 37.0 Å². The molecule has 0 aliphatic heterocycles. The summed E-state index contributed by atoms with van der Waals surface area (Å²) in [5.74, 6) is 0.328. The maximum absolute atomic E-state index is 12.4. The third-order valence-corrected chi connectivity index (χ3v) is 4.34. The van der Waals surface area contributed by atoms with Crippen molar-refractivity contribution >= 4 is 38.4 Å². The quantitative estimate of drug-likeness (QED) is 0.710. The van der Waals surface area contributed by atoms with E-state index in [1.165, 1.54) is 12.1 Å². The van der Waals surface area contributed by atoms with E-state index < -0.39 is 10.0 Å². The van der Waals surface area contributed by atoms with Crippen molar-refractivity contribution in [1.82, 2.24) is 4.98 Å². The number of carbonyl (C=O) groups is 1. The molecule has 0 saturated heterocycles. The van der Waals surface area contributed by atoms with Crippen molar-refractivity contribution in [2.24, 2.45) is 0 Å². The Morgan fingerprint density at radius 3 is 2.26 bits per heavy atom. The molecule has 2 aromatic carbocycles. The Bertz CT molecular complexity index is 1090. The summed E-state index contributed by atoms with van der Waals surface area (Å²) in [6, 6.07) is 11.4. The molecule has 0 fully saturated rings. The van der Waals surface area contributed by atoms with Crippen LogP contribution >= 0.6 is 0 Å². The van der Waals surface area contributed by atoms with Crippen molar-refractivity contribution in [1.29, 1.82) is 0 Å². The Kier molecular flexibility index (Phi) is 4.69. The van der Waals surface area contributed by atoms with Crippen LogP contribution in [-0.4, -0.2) is 25.6 Å². The Balaban J connectivity index is 1.77. The predicted molar refractivity (Wildman–Crippen MR) is 106 cm³/mol. The van der Waals surface area contributed by atoms with Crippen LogP contribution in [-0.2, 0) is 15.4 Å². The second-order valence-electron chi connectivity index (χ2n) is 7.36. The molecule has 1 heterocycles. The van der Waals surface area contributed by atoms with Crippen LogP contribution < -0.4 is 10.0 Å². The van der Waals surface area contributed by atoms with Crippen LogP contribution in [0.25, 0.3) is 11.1 Å². The molecule has 27 heavy (non-hydrogen) atoms. The highest BCUT2D eigenvalue weighted by Crippen LogP contribution is 2.27. The fraction of sp³-hybridized carbons (Fsp3) is 0.263. The van der Waals surface area contributed by atoms with Crippen LogP contribution in [0.4, 0.5) is 11.4 Å². The van der Waals surface area contributed by atoms with Gasteiger partial charge in [-0.25, -0.2) is 13.4 Å². The van der Waals surface area contributed by atoms with E-state index in [2.05, 4.69) is 15.0 Å². The van der Waals surface area contributed by atoms with E-state index in [0.717, 1.165) is 6.26 Å². The summed E-state index contributed by atoms with van der Waals surface area (Å²) < 4.78 is 30.6. The normalized spacial score (nSPS) is 12.1. The van der Waals surface area contributed by atoms with Crippen LogP contribution in [0, 0.1) is 0 Å². The molecular formula is C19H21N3O4S. The fourth-order valence-electron chi connectivity index (χ4n) is 2.43. The number of benzene rings is 2. The van der Waals surface area contributed by atoms with Crippen molar-refractivity contribution in [3.8, 4) is 0 Å². The zero-order valence-electron chi connectivity index (χ0n) is 15.5. The largest absolute Gasteiger partial charge is 0.440 e. The minimum absolute atomic E-state index is 0.204. The van der Waals surface area contributed by atoms with Crippen molar-refractivity contribution in [2.75, 3.05) is 16.3 Å². The molecule has 0 aliphatic rings. The number of rotatable bonds is 4. The van der Waals surface area contributed by atoms with Gasteiger partial charge >= 0.3 is 0 Å². The lowest BCUT2D eigenvalue weighted by Crippen LogP contribution is -2.13. The molecule has 0 saturated carbocycles. The van der Waals surface area contributed by atoms with E-state index >= 15 is 0 Å². The number of oxazole rings is 1. The molecule has 3 aromatic rings. The van der Waals surface area contributed by atoms with Gasteiger partial charge in [-0.05, 0) is 42.5 Å². The average molecular weight is 387 g/mol. The molecule has 3 rings (SSSR count). The van der Waals surface area contributed by atoms with Gasteiger partial charge in [0.2, 0.25) is 15.9 Å². The lowest BCUT2D eigenvalue weighted by molar-refractivity contribution is 0.102. The second-order valence-corrected chi connectivity index (χ2v) is 9.11. The molecule has 8 heteroatoms. The van der Waals surface area contributed by atoms with Crippen molar-refractivity contribution < 1.29 is 17.6 Å². The van der Waals surface area contributed by atoms with Crippen LogP contribution in [0.2, 0.25) is 0 Å². The predicted octanol–water partition coefficient (Wildman–Crippen LogP) is 3.75. The van der Waals surface area contributed by atoms with Crippen LogP contribution in [0.15, 0.2) is 46.9 Å². The van der Waals surface area contributed by atoms with Crippen molar-refractivity contribution in [3.05, 3.63) is 53.9 Å². The number of sulfonamides is 1. The summed E-state index contributed by atoms with van der Waals surface area (Å²) in [6.07, 6.45) is 1.07. The van der Waals surface area contributed by atoms with Gasteiger partial charge in [0.1, 0.15) is 5.52 Å². The molecule has 0 aliphatic carbocycles. The molecule has 0 unspecified atom stereocenters. The number of carbonyl (C=O) groups excluding carboxylic acids is 1. The molecular weight excluding hydrogens is 366 g/mol. The topological polar surface area (TPSA) is 101 Å². The van der Waals surface area contributed by atoms with Crippen molar-refractivity contribution in [2.45, 2.75) is 26.2 Å². The Morgan fingerprint density at radius 2 is 1.67 bits per heavy atom. The molecule has 7 nitrogen and oxygen atoms in total. The van der Waals surface area contributed by atoms with Gasteiger partial charge in [-0.1, -0.05) is 20.8 Å². The summed E-state index contributed by atoms with van der Waals surface area (Å²) in [7, 11) is -3.35. The van der Waals surface area contributed by atoms with Gasteiger partial charge in [-0.3, -0.25) is 9.52 Å². The molecule has 0 bridgehead atoms. The summed E-state index contributed by atoms with van der Waals surface area (Å²) >= 11 is 0. The minimum atomic E-state index is -3.35. The van der Waals surface area contributed by atoms with E-state index in [9.17, 15) is 13.2 Å². The third kappa shape index (κ3) is 4.65. The fourth-order valence-corrected chi connectivity index (χ4v) is 3.00. The number of hydrogen-bond donors (Lipinski definition) is 2. The van der Waals surface area contributed by atoms with Crippen LogP contribution in [0.5, 0.6) is 0 Å². The number of anilines is 2. The highest BCUT2D eigenvalue weighted by Gasteiger charge is 2.21. The maximum Gasteiger partial charge on any atom is 0.255 e. The summed E-state index contributed by atoms with van der Waals surface area (Å²) in [5.41, 5.74) is 2.53. The highest BCUT2D eigenvalue weighted by molar-refractivity contribution is 7.92. The number of nitrogens with one attached hydrogen (secondary N) is 2. The zero-order valence-corrected chi connectivity index (χ0v) is 16.3. The van der Waals surface area contributed by atoms with Gasteiger partial charge < -0.3 is 9.73 Å². The highest BCUT2D eigenvalue weighted by atomic mass is 32.2. The van der Waals surface area contributed by atoms with E-state index in [0.29, 0.717) is 33.9 Å². The molecule has 0 atom stereocenters. The summed E-state index contributed by atoms with van der Waals surface area (Å²) in [4.78, 5) is 16.9. The van der Waals surface area contributed by atoms with Gasteiger partial charge in [0.05, 0.1) is 6.26 Å². The summed E-state index contributed by atoms with van der Waals surface area (Å²) in [5, 5.41) is 2.81. The summed E-state index contributed by atoms with van der Waals surface area (Å²) in [6.45, 7) is 6.05. The first-order valence-electron chi connectivity index (χ1n) is 8.31. The van der Waals surface area contributed by atoms with Gasteiger partial charge in [0.15, 0.2) is 5.58 Å². The second kappa shape index (κ2) is 6.70. The van der Waals surface area contributed by atoms with E-state index in [4.69, 9.17) is 4.42 Å². The molecule has 0 radical (unpaired) electrons. The number of amides is 1. The first-order valence-corrected chi connectivity index (χ1v) is 10.2. The van der Waals surface area contributed by atoms with Gasteiger partial charge in [0.25, 0.3) is 5.91 Å². The molecule has 2 N–H and O–H groups in total. The average Bonchev–Trinajstić information content (AvgIpc) is 2.97. The Labute approximate surface area is 157 Å². The first kappa shape index (κ1) is 18.9. The van der Waals surface area contributed by atoms with Gasteiger partial charge in [0, 0.05) is 22.4 Å². The standard InChI is InChI=1S/C19H21N3O4S/c1-19(2,3)18-21-15-11-14(9-10-16(15)26-18)20-17(23)12-5-7-13(8-6-12)22-27(4,24)25/h5-11,22H,1-4H3,(H,20,23). The molecule has 0 spiro atoms. The zero-order chi connectivity index (χ0) is 19.8. The smallest absolute Gasteiger partial charge is 0.255 e. The lowest BCUT2D eigenvalue weighted by atomic mass is 9.97. The maximum atomic E-state index is 12.4. The molecule has 142 valence electrons. The lowest BCUT2D eigenvalue weighted by Gasteiger charge is -2.11. The minimum Gasteiger partial charge on any atom is -0.440 e. The number of nitrogens with zero attached hydrogens (tertiary/aromatic N) is 1. The van der Waals surface area contributed by atoms with Crippen LogP contribution in [0.3, 0.4) is 0 Å². The van der Waals surface area contributed by atoms with Gasteiger partial charge in [-0.15, -0.1) is 0 Å². The first-order chi connectivity index (χ1) is 12.5. The third-order valence-electron chi connectivity index (χ3n) is 3.74. The van der Waals surface area contributed by atoms with E-state index in [1.54, 1.807) is 30.3 Å². The molecule has 1 aromatic heterocycles. The number of hydrogen-bond acceptors (Lipinski definition) is 5. The molecule has 1 amide bonds. The van der Waals surface area contributed by atoms with E-state index in [1.807, 2.05) is 20.8 Å². The Hall–Kier alpha value is -2.87. The Morgan fingerprint density at radius 1 is 1.04 bits per heavy atom. The monoisotopic (exact) mass is 387 g/mol. The van der Waals surface area contributed by atoms with Gasteiger partial charge in [-0.2, -0.15) is 0 Å². The van der Waals surface area contributed by atoms with E-state index in [-0.39, 0.29) is 11.3 Å². The number of fused-ring (bicyclic) bond motifs is 1. The van der Waals surface area contributed by atoms with Crippen molar-refractivity contribution in [3.63, 3.8) is 0 Å².